The highest BCUT2D eigenvalue weighted by molar-refractivity contribution is 5.79. The molecule has 0 bridgehead atoms. The molecule has 0 saturated carbocycles. The summed E-state index contributed by atoms with van der Waals surface area (Å²) in [4.78, 5) is 22.9. The van der Waals surface area contributed by atoms with Crippen molar-refractivity contribution in [3.63, 3.8) is 0 Å². The Morgan fingerprint density at radius 1 is 1.11 bits per heavy atom. The van der Waals surface area contributed by atoms with E-state index in [0.29, 0.717) is 0 Å². The van der Waals surface area contributed by atoms with E-state index in [4.69, 9.17) is 28.8 Å². The van der Waals surface area contributed by atoms with Gasteiger partial charge in [-0.25, -0.2) is 4.79 Å². The summed E-state index contributed by atoms with van der Waals surface area (Å²) in [7, 11) is 3.07. The summed E-state index contributed by atoms with van der Waals surface area (Å²) in [6.07, 6.45) is 0.588. The van der Waals surface area contributed by atoms with Gasteiger partial charge in [0.15, 0.2) is 0 Å². The van der Waals surface area contributed by atoms with Gasteiger partial charge in [-0.05, 0) is 37.6 Å². The van der Waals surface area contributed by atoms with Crippen molar-refractivity contribution in [2.45, 2.75) is 45.2 Å². The van der Waals surface area contributed by atoms with Crippen LogP contribution in [0.4, 0.5) is 0 Å². The van der Waals surface area contributed by atoms with E-state index in [1.807, 2.05) is 12.1 Å². The molecule has 3 atom stereocenters. The predicted molar refractivity (Wildman–Crippen MR) is 101 cm³/mol. The molecule has 1 rings (SSSR count). The van der Waals surface area contributed by atoms with Crippen LogP contribution in [0.25, 0.3) is 0 Å². The second kappa shape index (κ2) is 12.9. The number of rotatable bonds is 13. The quantitative estimate of drug-likeness (QED) is 0.308. The number of esters is 1. The van der Waals surface area contributed by atoms with Gasteiger partial charge in [0.05, 0.1) is 26.2 Å². The van der Waals surface area contributed by atoms with Crippen LogP contribution in [-0.2, 0) is 35.1 Å². The summed E-state index contributed by atoms with van der Waals surface area (Å²) >= 11 is 0. The number of hydrogen-bond donors (Lipinski definition) is 1. The lowest BCUT2D eigenvalue weighted by molar-refractivity contribution is -0.159. The number of carboxylic acids is 1. The fourth-order valence-electron chi connectivity index (χ4n) is 2.24. The molecule has 156 valence electrons. The topological polar surface area (TPSA) is 101 Å². The van der Waals surface area contributed by atoms with E-state index < -0.39 is 24.1 Å². The third-order valence-corrected chi connectivity index (χ3v) is 3.73. The maximum Gasteiger partial charge on any atom is 0.328 e. The molecular formula is C20H28O8. The smallest absolute Gasteiger partial charge is 0.328 e. The molecule has 1 aromatic rings. The molecule has 8 heteroatoms. The fraction of sp³-hybridized carbons (Fsp3) is 0.500. The van der Waals surface area contributed by atoms with Crippen LogP contribution in [-0.4, -0.2) is 56.4 Å². The number of carboxylic acid groups (broad SMARTS) is 1. The molecule has 8 nitrogen and oxygen atoms in total. The lowest BCUT2D eigenvalue weighted by Gasteiger charge is -2.22. The highest BCUT2D eigenvalue weighted by Crippen LogP contribution is 2.15. The van der Waals surface area contributed by atoms with Gasteiger partial charge in [-0.3, -0.25) is 4.79 Å². The van der Waals surface area contributed by atoms with Crippen LogP contribution in [0.1, 0.15) is 25.8 Å². The Morgan fingerprint density at radius 3 is 2.36 bits per heavy atom. The van der Waals surface area contributed by atoms with E-state index in [-0.39, 0.29) is 25.9 Å². The molecule has 0 saturated heterocycles. The van der Waals surface area contributed by atoms with Gasteiger partial charge in [0.2, 0.25) is 0 Å². The number of hydrogen-bond acceptors (Lipinski definition) is 7. The van der Waals surface area contributed by atoms with Crippen LogP contribution in [0.3, 0.4) is 0 Å². The summed E-state index contributed by atoms with van der Waals surface area (Å²) in [5.41, 5.74) is 0.870. The average Bonchev–Trinajstić information content (AvgIpc) is 2.66. The van der Waals surface area contributed by atoms with Crippen LogP contribution >= 0.6 is 0 Å². The summed E-state index contributed by atoms with van der Waals surface area (Å²) in [6.45, 7) is 3.67. The maximum absolute atomic E-state index is 12.1. The number of carbonyl (C=O) groups is 2. The molecule has 28 heavy (non-hydrogen) atoms. The summed E-state index contributed by atoms with van der Waals surface area (Å²) in [5.74, 6) is -0.866. The van der Waals surface area contributed by atoms with Crippen molar-refractivity contribution in [2.24, 2.45) is 0 Å². The van der Waals surface area contributed by atoms with E-state index in [2.05, 4.69) is 0 Å². The number of ether oxygens (including phenoxy) is 5. The van der Waals surface area contributed by atoms with E-state index >= 15 is 0 Å². The first kappa shape index (κ1) is 23.6. The van der Waals surface area contributed by atoms with Crippen molar-refractivity contribution in [3.05, 3.63) is 42.0 Å². The highest BCUT2D eigenvalue weighted by atomic mass is 16.7. The molecule has 0 aliphatic heterocycles. The molecule has 0 heterocycles. The highest BCUT2D eigenvalue weighted by Gasteiger charge is 2.21. The van der Waals surface area contributed by atoms with Gasteiger partial charge in [-0.2, -0.15) is 0 Å². The predicted octanol–water partition coefficient (Wildman–Crippen LogP) is 2.55. The van der Waals surface area contributed by atoms with Crippen LogP contribution in [0, 0.1) is 0 Å². The molecule has 1 N–H and O–H groups in total. The van der Waals surface area contributed by atoms with Gasteiger partial charge in [-0.15, -0.1) is 0 Å². The Labute approximate surface area is 165 Å². The molecule has 0 spiro atoms. The second-order valence-corrected chi connectivity index (χ2v) is 6.10. The molecule has 0 amide bonds. The lowest BCUT2D eigenvalue weighted by atomic mass is 10.2. The van der Waals surface area contributed by atoms with Gasteiger partial charge < -0.3 is 28.8 Å². The van der Waals surface area contributed by atoms with Crippen molar-refractivity contribution in [1.29, 1.82) is 0 Å². The van der Waals surface area contributed by atoms with Crippen LogP contribution in [0.5, 0.6) is 5.75 Å². The van der Waals surface area contributed by atoms with Crippen molar-refractivity contribution in [1.82, 2.24) is 0 Å². The Morgan fingerprint density at radius 2 is 1.79 bits per heavy atom. The number of methoxy groups -OCH3 is 2. The zero-order chi connectivity index (χ0) is 20.9. The van der Waals surface area contributed by atoms with Gasteiger partial charge in [0.25, 0.3) is 0 Å². The Balaban J connectivity index is 2.65. The molecule has 1 aromatic carbocycles. The van der Waals surface area contributed by atoms with Crippen molar-refractivity contribution in [2.75, 3.05) is 21.0 Å². The van der Waals surface area contributed by atoms with Crippen LogP contribution in [0.15, 0.2) is 36.4 Å². The first-order valence-corrected chi connectivity index (χ1v) is 8.81. The molecule has 0 fully saturated rings. The minimum absolute atomic E-state index is 0.0432. The number of carbonyl (C=O) groups excluding carboxylic acids is 1. The molecule has 0 aliphatic rings. The SMILES string of the molecule is COCO[C@H](C)CC(=O)O[C@@H](C)[C@@H](/C=C/C(=O)O)OCc1ccc(OC)cc1. The third-order valence-electron chi connectivity index (χ3n) is 3.73. The number of aliphatic carboxylic acids is 1. The van der Waals surface area contributed by atoms with Crippen molar-refractivity contribution >= 4 is 11.9 Å². The van der Waals surface area contributed by atoms with Crippen LogP contribution < -0.4 is 4.74 Å². The molecule has 0 radical (unpaired) electrons. The van der Waals surface area contributed by atoms with Gasteiger partial charge >= 0.3 is 11.9 Å². The van der Waals surface area contributed by atoms with E-state index in [1.165, 1.54) is 13.2 Å². The molecule has 0 aliphatic carbocycles. The van der Waals surface area contributed by atoms with Gasteiger partial charge in [0, 0.05) is 13.2 Å². The lowest BCUT2D eigenvalue weighted by Crippen LogP contribution is -2.31. The second-order valence-electron chi connectivity index (χ2n) is 6.10. The standard InChI is InChI=1S/C20H28O8/c1-14(27-13-24-3)11-20(23)28-15(2)18(9-10-19(21)22)26-12-16-5-7-17(25-4)8-6-16/h5-10,14-15,18H,11-13H2,1-4H3,(H,21,22)/b10-9+/t14-,15+,18-/m1/s1. The van der Waals surface area contributed by atoms with E-state index in [1.54, 1.807) is 33.1 Å². The van der Waals surface area contributed by atoms with E-state index in [0.717, 1.165) is 17.4 Å². The third kappa shape index (κ3) is 9.50. The average molecular weight is 396 g/mol. The number of benzene rings is 1. The zero-order valence-corrected chi connectivity index (χ0v) is 16.6. The first-order valence-electron chi connectivity index (χ1n) is 8.81. The van der Waals surface area contributed by atoms with E-state index in [9.17, 15) is 9.59 Å². The first-order chi connectivity index (χ1) is 13.3. The maximum atomic E-state index is 12.1. The monoisotopic (exact) mass is 396 g/mol. The molecule has 0 unspecified atom stereocenters. The Bertz CT molecular complexity index is 626. The van der Waals surface area contributed by atoms with Crippen LogP contribution in [0.2, 0.25) is 0 Å². The zero-order valence-electron chi connectivity index (χ0n) is 16.6. The van der Waals surface area contributed by atoms with Gasteiger partial charge in [0.1, 0.15) is 24.8 Å². The van der Waals surface area contributed by atoms with Crippen molar-refractivity contribution in [3.8, 4) is 5.75 Å². The summed E-state index contributed by atoms with van der Waals surface area (Å²) in [5, 5.41) is 8.88. The largest absolute Gasteiger partial charge is 0.497 e. The molecular weight excluding hydrogens is 368 g/mol. The minimum atomic E-state index is -1.11. The molecule has 0 aromatic heterocycles. The Hall–Kier alpha value is -2.42. The fourth-order valence-corrected chi connectivity index (χ4v) is 2.24. The minimum Gasteiger partial charge on any atom is -0.497 e. The van der Waals surface area contributed by atoms with Gasteiger partial charge in [-0.1, -0.05) is 12.1 Å². The normalized spacial score (nSPS) is 14.4. The van der Waals surface area contributed by atoms with Crippen molar-refractivity contribution < 1.29 is 38.4 Å². The summed E-state index contributed by atoms with van der Waals surface area (Å²) in [6, 6.07) is 7.27. The summed E-state index contributed by atoms with van der Waals surface area (Å²) < 4.78 is 26.3. The Kier molecular flexibility index (Phi) is 10.9.